The molecule has 8 heavy (non-hydrogen) atoms. The third-order valence-corrected chi connectivity index (χ3v) is 3.24. The fourth-order valence-electron chi connectivity index (χ4n) is 2.41. The van der Waals surface area contributed by atoms with Gasteiger partial charge in [0.2, 0.25) is 0 Å². The van der Waals surface area contributed by atoms with Crippen molar-refractivity contribution >= 4 is 0 Å². The topological polar surface area (TPSA) is 0 Å². The molecule has 0 spiro atoms. The van der Waals surface area contributed by atoms with E-state index in [9.17, 15) is 0 Å². The van der Waals surface area contributed by atoms with E-state index in [2.05, 4.69) is 6.92 Å². The Morgan fingerprint density at radius 3 is 2.00 bits per heavy atom. The molecule has 0 aromatic rings. The standard InChI is InChI=1S/C8H14/c1-6-7-3-2-4-8(6)5-7/h6-8H,2-5H2,1H3. The van der Waals surface area contributed by atoms with Crippen LogP contribution in [-0.4, -0.2) is 0 Å². The Labute approximate surface area is 51.3 Å². The van der Waals surface area contributed by atoms with Crippen LogP contribution in [0.1, 0.15) is 32.6 Å². The number of rotatable bonds is 0. The average Bonchev–Trinajstić information content (AvgIpc) is 1.89. The maximum Gasteiger partial charge on any atom is -0.0383 e. The molecule has 0 N–H and O–H groups in total. The summed E-state index contributed by atoms with van der Waals surface area (Å²) in [6.07, 6.45) is 6.18. The highest BCUT2D eigenvalue weighted by Crippen LogP contribution is 2.49. The summed E-state index contributed by atoms with van der Waals surface area (Å²) in [7, 11) is 0. The van der Waals surface area contributed by atoms with Crippen LogP contribution < -0.4 is 0 Å². The van der Waals surface area contributed by atoms with Gasteiger partial charge in [-0.05, 0) is 24.2 Å². The summed E-state index contributed by atoms with van der Waals surface area (Å²) < 4.78 is 0. The van der Waals surface area contributed by atoms with Gasteiger partial charge in [0, 0.05) is 0 Å². The van der Waals surface area contributed by atoms with Crippen LogP contribution in [0.15, 0.2) is 0 Å². The predicted octanol–water partition coefficient (Wildman–Crippen LogP) is 2.44. The summed E-state index contributed by atoms with van der Waals surface area (Å²) in [5.74, 6) is 3.39. The first-order chi connectivity index (χ1) is 3.88. The van der Waals surface area contributed by atoms with Gasteiger partial charge in [0.15, 0.2) is 0 Å². The zero-order valence-electron chi connectivity index (χ0n) is 5.56. The van der Waals surface area contributed by atoms with Crippen LogP contribution in [0.3, 0.4) is 0 Å². The molecular formula is C8H14. The Morgan fingerprint density at radius 1 is 1.12 bits per heavy atom. The average molecular weight is 110 g/mol. The molecule has 0 aromatic heterocycles. The molecule has 2 unspecified atom stereocenters. The first-order valence-corrected chi connectivity index (χ1v) is 3.88. The second kappa shape index (κ2) is 1.49. The minimum atomic E-state index is 1.10. The Bertz CT molecular complexity index is 82.2. The molecule has 3 rings (SSSR count). The normalized spacial score (nSPS) is 52.9. The highest BCUT2D eigenvalue weighted by molar-refractivity contribution is 4.90. The lowest BCUT2D eigenvalue weighted by molar-refractivity contribution is 0.0284. The summed E-state index contributed by atoms with van der Waals surface area (Å²) in [5, 5.41) is 0. The van der Waals surface area contributed by atoms with E-state index >= 15 is 0 Å². The third-order valence-electron chi connectivity index (χ3n) is 3.24. The van der Waals surface area contributed by atoms with Crippen molar-refractivity contribution in [2.24, 2.45) is 17.8 Å². The molecule has 0 nitrogen and oxygen atoms in total. The minimum Gasteiger partial charge on any atom is -0.0620 e. The highest BCUT2D eigenvalue weighted by Gasteiger charge is 2.39. The lowest BCUT2D eigenvalue weighted by Crippen LogP contribution is -2.38. The molecule has 0 saturated heterocycles. The second-order valence-electron chi connectivity index (χ2n) is 3.55. The van der Waals surface area contributed by atoms with E-state index < -0.39 is 0 Å². The molecule has 0 radical (unpaired) electrons. The van der Waals surface area contributed by atoms with Crippen molar-refractivity contribution in [3.05, 3.63) is 0 Å². The van der Waals surface area contributed by atoms with Gasteiger partial charge in [0.1, 0.15) is 0 Å². The van der Waals surface area contributed by atoms with Gasteiger partial charge in [-0.15, -0.1) is 0 Å². The van der Waals surface area contributed by atoms with Crippen LogP contribution in [0.25, 0.3) is 0 Å². The first kappa shape index (κ1) is 4.84. The van der Waals surface area contributed by atoms with Crippen LogP contribution >= 0.6 is 0 Å². The van der Waals surface area contributed by atoms with Crippen molar-refractivity contribution in [3.8, 4) is 0 Å². The van der Waals surface area contributed by atoms with Gasteiger partial charge in [-0.3, -0.25) is 0 Å². The molecular weight excluding hydrogens is 96.1 g/mol. The summed E-state index contributed by atoms with van der Waals surface area (Å²) >= 11 is 0. The maximum atomic E-state index is 2.43. The van der Waals surface area contributed by atoms with Crippen molar-refractivity contribution in [1.82, 2.24) is 0 Å². The van der Waals surface area contributed by atoms with Crippen molar-refractivity contribution in [2.45, 2.75) is 32.6 Å². The van der Waals surface area contributed by atoms with E-state index in [1.165, 1.54) is 19.3 Å². The quantitative estimate of drug-likeness (QED) is 0.449. The zero-order valence-corrected chi connectivity index (χ0v) is 5.56. The van der Waals surface area contributed by atoms with E-state index in [1.807, 2.05) is 0 Å². The summed E-state index contributed by atoms with van der Waals surface area (Å²) in [5.41, 5.74) is 0. The molecule has 0 heterocycles. The van der Waals surface area contributed by atoms with Crippen LogP contribution in [-0.2, 0) is 0 Å². The van der Waals surface area contributed by atoms with E-state index in [4.69, 9.17) is 0 Å². The monoisotopic (exact) mass is 110 g/mol. The number of hydrogen-bond acceptors (Lipinski definition) is 0. The lowest BCUT2D eigenvalue weighted by Gasteiger charge is -2.47. The van der Waals surface area contributed by atoms with Gasteiger partial charge in [-0.1, -0.05) is 26.2 Å². The van der Waals surface area contributed by atoms with Crippen LogP contribution in [0.4, 0.5) is 0 Å². The molecule has 0 heteroatoms. The summed E-state index contributed by atoms with van der Waals surface area (Å²) in [6.45, 7) is 2.43. The highest BCUT2D eigenvalue weighted by atomic mass is 14.4. The summed E-state index contributed by atoms with van der Waals surface area (Å²) in [6, 6.07) is 0. The number of hydrogen-bond donors (Lipinski definition) is 0. The van der Waals surface area contributed by atoms with Crippen LogP contribution in [0.2, 0.25) is 0 Å². The zero-order chi connectivity index (χ0) is 5.56. The van der Waals surface area contributed by atoms with E-state index in [1.54, 1.807) is 6.42 Å². The minimum absolute atomic E-state index is 1.10. The van der Waals surface area contributed by atoms with Gasteiger partial charge in [-0.25, -0.2) is 0 Å². The van der Waals surface area contributed by atoms with Gasteiger partial charge in [-0.2, -0.15) is 0 Å². The van der Waals surface area contributed by atoms with Crippen molar-refractivity contribution < 1.29 is 0 Å². The fourth-order valence-corrected chi connectivity index (χ4v) is 2.41. The predicted molar refractivity (Wildman–Crippen MR) is 34.6 cm³/mol. The van der Waals surface area contributed by atoms with E-state index in [-0.39, 0.29) is 0 Å². The Kier molecular flexibility index (Phi) is 0.902. The van der Waals surface area contributed by atoms with Gasteiger partial charge >= 0.3 is 0 Å². The summed E-state index contributed by atoms with van der Waals surface area (Å²) in [4.78, 5) is 0. The first-order valence-electron chi connectivity index (χ1n) is 3.88. The SMILES string of the molecule is CC1C2CCCC1C2. The molecule has 2 atom stereocenters. The molecule has 3 aliphatic rings. The Balaban J connectivity index is 2.03. The van der Waals surface area contributed by atoms with Crippen molar-refractivity contribution in [3.63, 3.8) is 0 Å². The molecule has 2 bridgehead atoms. The molecule has 0 aliphatic heterocycles. The van der Waals surface area contributed by atoms with Gasteiger partial charge < -0.3 is 0 Å². The molecule has 3 aliphatic carbocycles. The Hall–Kier alpha value is 0. The second-order valence-corrected chi connectivity index (χ2v) is 3.55. The molecule has 0 aromatic carbocycles. The Morgan fingerprint density at radius 2 is 1.75 bits per heavy atom. The van der Waals surface area contributed by atoms with Gasteiger partial charge in [0.05, 0.1) is 0 Å². The molecule has 3 fully saturated rings. The third kappa shape index (κ3) is 0.463. The lowest BCUT2D eigenvalue weighted by atomic mass is 9.58. The largest absolute Gasteiger partial charge is 0.0620 e. The maximum absolute atomic E-state index is 2.43. The smallest absolute Gasteiger partial charge is 0.0383 e. The van der Waals surface area contributed by atoms with Crippen LogP contribution in [0, 0.1) is 17.8 Å². The number of fused-ring (bicyclic) bond motifs is 2. The van der Waals surface area contributed by atoms with Crippen molar-refractivity contribution in [2.75, 3.05) is 0 Å². The van der Waals surface area contributed by atoms with Crippen molar-refractivity contribution in [1.29, 1.82) is 0 Å². The van der Waals surface area contributed by atoms with Crippen LogP contribution in [0.5, 0.6) is 0 Å². The van der Waals surface area contributed by atoms with Gasteiger partial charge in [0.25, 0.3) is 0 Å². The molecule has 0 amide bonds. The van der Waals surface area contributed by atoms with E-state index in [0.717, 1.165) is 17.8 Å². The fraction of sp³-hybridized carbons (Fsp3) is 1.00. The molecule has 3 saturated carbocycles. The van der Waals surface area contributed by atoms with E-state index in [0.29, 0.717) is 0 Å². The molecule has 46 valence electrons.